The highest BCUT2D eigenvalue weighted by Gasteiger charge is 2.35. The van der Waals surface area contributed by atoms with Crippen molar-refractivity contribution in [3.05, 3.63) is 52.2 Å². The van der Waals surface area contributed by atoms with Gasteiger partial charge in [-0.1, -0.05) is 6.07 Å². The average Bonchev–Trinajstić information content (AvgIpc) is 3.08. The second-order valence-electron chi connectivity index (χ2n) is 6.83. The van der Waals surface area contributed by atoms with Gasteiger partial charge in [-0.2, -0.15) is 4.98 Å². The molecule has 1 saturated heterocycles. The second-order valence-corrected chi connectivity index (χ2v) is 6.83. The molecule has 0 spiro atoms. The van der Waals surface area contributed by atoms with E-state index < -0.39 is 30.1 Å². The van der Waals surface area contributed by atoms with Crippen LogP contribution in [-0.4, -0.2) is 55.3 Å². The summed E-state index contributed by atoms with van der Waals surface area (Å²) in [5.74, 6) is 0. The Balaban J connectivity index is 1.63. The fourth-order valence-electron chi connectivity index (χ4n) is 3.10. The Morgan fingerprint density at radius 2 is 2.29 bits per heavy atom. The number of hydrogen-bond donors (Lipinski definition) is 3. The molecular formula is C19H25N3O6. The molecule has 3 N–H and O–H groups in total. The zero-order chi connectivity index (χ0) is 20.1. The quantitative estimate of drug-likeness (QED) is 0.555. The summed E-state index contributed by atoms with van der Waals surface area (Å²) in [7, 11) is 0. The van der Waals surface area contributed by atoms with Gasteiger partial charge in [0.05, 0.1) is 25.4 Å². The van der Waals surface area contributed by atoms with Crippen molar-refractivity contribution in [3.63, 3.8) is 0 Å². The summed E-state index contributed by atoms with van der Waals surface area (Å²) < 4.78 is 12.9. The number of ether oxygens (including phenoxy) is 2. The van der Waals surface area contributed by atoms with Crippen molar-refractivity contribution in [2.75, 3.05) is 13.2 Å². The third kappa shape index (κ3) is 4.74. The zero-order valence-corrected chi connectivity index (χ0v) is 15.6. The van der Waals surface area contributed by atoms with Crippen molar-refractivity contribution >= 4 is 0 Å². The van der Waals surface area contributed by atoms with Crippen LogP contribution in [0.2, 0.25) is 0 Å². The summed E-state index contributed by atoms with van der Waals surface area (Å²) in [6.07, 6.45) is 3.36. The molecule has 0 bridgehead atoms. The lowest BCUT2D eigenvalue weighted by Crippen LogP contribution is -2.24. The van der Waals surface area contributed by atoms with Gasteiger partial charge in [-0.15, -0.1) is 0 Å². The monoisotopic (exact) mass is 391 g/mol. The number of nitrogens with zero attached hydrogens (tertiary/aromatic N) is 3. The topological polar surface area (TPSA) is 127 Å². The highest BCUT2D eigenvalue weighted by atomic mass is 16.6. The third-order valence-electron chi connectivity index (χ3n) is 4.70. The van der Waals surface area contributed by atoms with Crippen molar-refractivity contribution in [1.29, 1.82) is 0 Å². The minimum atomic E-state index is -0.808. The highest BCUT2D eigenvalue weighted by Crippen LogP contribution is 2.31. The van der Waals surface area contributed by atoms with Crippen LogP contribution in [0, 0.1) is 6.92 Å². The van der Waals surface area contributed by atoms with Gasteiger partial charge in [0.25, 0.3) is 5.56 Å². The summed E-state index contributed by atoms with van der Waals surface area (Å²) >= 11 is 0. The first-order valence-corrected chi connectivity index (χ1v) is 9.24. The molecule has 1 fully saturated rings. The molecule has 28 heavy (non-hydrogen) atoms. The lowest BCUT2D eigenvalue weighted by atomic mass is 10.1. The fraction of sp³-hybridized carbons (Fsp3) is 0.526. The standard InChI is InChI=1S/C19H25N3O6/c1-12-10-22(17-8-15(25)16(11-23)28-17)19(21-18(12)26)27-7-3-5-14(24)13-4-2-6-20-9-13/h2,4,6,9-10,14-17,23-25H,3,5,7-8,11H2,1H3. The van der Waals surface area contributed by atoms with Crippen LogP contribution in [0.15, 0.2) is 35.5 Å². The SMILES string of the molecule is Cc1cn(C2CC(O)C(CO)O2)c(OCCCC(O)c2cccnc2)nc1=O. The average molecular weight is 391 g/mol. The van der Waals surface area contributed by atoms with E-state index >= 15 is 0 Å². The molecule has 9 nitrogen and oxygen atoms in total. The third-order valence-corrected chi connectivity index (χ3v) is 4.70. The maximum Gasteiger partial charge on any atom is 0.301 e. The number of pyridine rings is 1. The molecule has 152 valence electrons. The Morgan fingerprint density at radius 3 is 2.96 bits per heavy atom. The number of rotatable bonds is 8. The van der Waals surface area contributed by atoms with E-state index in [1.807, 2.05) is 0 Å². The molecule has 4 atom stereocenters. The van der Waals surface area contributed by atoms with Crippen LogP contribution in [0.1, 0.15) is 42.7 Å². The van der Waals surface area contributed by atoms with Crippen LogP contribution >= 0.6 is 0 Å². The number of aliphatic hydroxyl groups excluding tert-OH is 3. The smallest absolute Gasteiger partial charge is 0.301 e. The molecule has 0 amide bonds. The molecule has 3 heterocycles. The number of aliphatic hydroxyl groups is 3. The van der Waals surface area contributed by atoms with Crippen molar-refractivity contribution in [2.24, 2.45) is 0 Å². The van der Waals surface area contributed by atoms with Gasteiger partial charge in [0.1, 0.15) is 12.3 Å². The molecule has 0 saturated carbocycles. The van der Waals surface area contributed by atoms with E-state index in [9.17, 15) is 20.1 Å². The van der Waals surface area contributed by atoms with Crippen molar-refractivity contribution in [2.45, 2.75) is 50.7 Å². The van der Waals surface area contributed by atoms with E-state index in [2.05, 4.69) is 9.97 Å². The molecule has 1 aliphatic rings. The van der Waals surface area contributed by atoms with E-state index in [0.29, 0.717) is 18.4 Å². The minimum Gasteiger partial charge on any atom is -0.465 e. The first-order chi connectivity index (χ1) is 13.5. The van der Waals surface area contributed by atoms with Gasteiger partial charge in [-0.25, -0.2) is 0 Å². The minimum absolute atomic E-state index is 0.0854. The molecule has 9 heteroatoms. The predicted molar refractivity (Wildman–Crippen MR) is 98.8 cm³/mol. The van der Waals surface area contributed by atoms with E-state index in [1.54, 1.807) is 42.2 Å². The normalized spacial score (nSPS) is 22.9. The van der Waals surface area contributed by atoms with Gasteiger partial charge in [-0.05, 0) is 31.4 Å². The first-order valence-electron chi connectivity index (χ1n) is 9.24. The number of hydrogen-bond acceptors (Lipinski definition) is 8. The molecule has 0 aromatic carbocycles. The molecule has 0 aliphatic carbocycles. The van der Waals surface area contributed by atoms with Crippen LogP contribution in [0.3, 0.4) is 0 Å². The molecular weight excluding hydrogens is 366 g/mol. The lowest BCUT2D eigenvalue weighted by Gasteiger charge is -2.19. The molecule has 2 aromatic rings. The van der Waals surface area contributed by atoms with E-state index in [1.165, 1.54) is 0 Å². The predicted octanol–water partition coefficient (Wildman–Crippen LogP) is 0.480. The molecule has 2 aromatic heterocycles. The van der Waals surface area contributed by atoms with Crippen molar-refractivity contribution in [1.82, 2.24) is 14.5 Å². The first kappa shape index (κ1) is 20.4. The Kier molecular flexibility index (Phi) is 6.74. The zero-order valence-electron chi connectivity index (χ0n) is 15.6. The van der Waals surface area contributed by atoms with Gasteiger partial charge in [0.2, 0.25) is 0 Å². The van der Waals surface area contributed by atoms with Gasteiger partial charge in [0, 0.05) is 30.6 Å². The van der Waals surface area contributed by atoms with Crippen molar-refractivity contribution < 1.29 is 24.8 Å². The van der Waals surface area contributed by atoms with Crippen LogP contribution in [0.5, 0.6) is 6.01 Å². The maximum absolute atomic E-state index is 11.9. The van der Waals surface area contributed by atoms with Crippen LogP contribution in [-0.2, 0) is 4.74 Å². The van der Waals surface area contributed by atoms with E-state index in [4.69, 9.17) is 9.47 Å². The van der Waals surface area contributed by atoms with Crippen LogP contribution < -0.4 is 10.3 Å². The highest BCUT2D eigenvalue weighted by molar-refractivity contribution is 5.12. The molecule has 3 rings (SSSR count). The summed E-state index contributed by atoms with van der Waals surface area (Å²) in [6, 6.07) is 3.65. The molecule has 1 aliphatic heterocycles. The maximum atomic E-state index is 11.9. The Bertz CT molecular complexity index is 828. The Morgan fingerprint density at radius 1 is 1.46 bits per heavy atom. The summed E-state index contributed by atoms with van der Waals surface area (Å²) in [5, 5.41) is 29.4. The molecule has 4 unspecified atom stereocenters. The van der Waals surface area contributed by atoms with Gasteiger partial charge < -0.3 is 24.8 Å². The number of aromatic nitrogens is 3. The van der Waals surface area contributed by atoms with Gasteiger partial charge in [-0.3, -0.25) is 14.3 Å². The Hall–Kier alpha value is -2.33. The Labute approximate surface area is 162 Å². The lowest BCUT2D eigenvalue weighted by molar-refractivity contribution is -0.0475. The van der Waals surface area contributed by atoms with Gasteiger partial charge >= 0.3 is 6.01 Å². The molecule has 0 radical (unpaired) electrons. The van der Waals surface area contributed by atoms with Crippen LogP contribution in [0.25, 0.3) is 0 Å². The van der Waals surface area contributed by atoms with Crippen LogP contribution in [0.4, 0.5) is 0 Å². The largest absolute Gasteiger partial charge is 0.465 e. The second kappa shape index (κ2) is 9.24. The fourth-order valence-corrected chi connectivity index (χ4v) is 3.10. The van der Waals surface area contributed by atoms with Crippen molar-refractivity contribution in [3.8, 4) is 6.01 Å². The van der Waals surface area contributed by atoms with Gasteiger partial charge in [0.15, 0.2) is 0 Å². The number of aryl methyl sites for hydroxylation is 1. The summed E-state index contributed by atoms with van der Waals surface area (Å²) in [6.45, 7) is 1.58. The summed E-state index contributed by atoms with van der Waals surface area (Å²) in [5.41, 5.74) is 0.750. The van der Waals surface area contributed by atoms with E-state index in [-0.39, 0.29) is 25.6 Å². The van der Waals surface area contributed by atoms with E-state index in [0.717, 1.165) is 5.56 Å². The summed E-state index contributed by atoms with van der Waals surface area (Å²) in [4.78, 5) is 19.9.